The average Bonchev–Trinajstić information content (AvgIpc) is 2.93. The maximum Gasteiger partial charge on any atom is 0.185 e. The molecule has 2 heterocycles. The number of aromatic hydroxyl groups is 1. The van der Waals surface area contributed by atoms with Gasteiger partial charge in [-0.1, -0.05) is 26.0 Å². The monoisotopic (exact) mass is 295 g/mol. The molecule has 0 unspecified atom stereocenters. The number of fused-ring (bicyclic) bond motifs is 1. The molecule has 0 atom stereocenters. The van der Waals surface area contributed by atoms with E-state index in [-0.39, 0.29) is 17.5 Å². The van der Waals surface area contributed by atoms with Gasteiger partial charge in [0.2, 0.25) is 0 Å². The minimum Gasteiger partial charge on any atom is -0.508 e. The first-order chi connectivity index (χ1) is 10.5. The summed E-state index contributed by atoms with van der Waals surface area (Å²) in [7, 11) is 0. The summed E-state index contributed by atoms with van der Waals surface area (Å²) in [6.07, 6.45) is 1.67. The van der Waals surface area contributed by atoms with Crippen LogP contribution in [0.15, 0.2) is 36.5 Å². The van der Waals surface area contributed by atoms with Crippen LogP contribution < -0.4 is 0 Å². The van der Waals surface area contributed by atoms with Gasteiger partial charge >= 0.3 is 0 Å². The molecule has 112 valence electrons. The van der Waals surface area contributed by atoms with Gasteiger partial charge in [0.05, 0.1) is 5.69 Å². The molecule has 2 aromatic heterocycles. The molecule has 0 fully saturated rings. The third-order valence-electron chi connectivity index (χ3n) is 3.64. The quantitative estimate of drug-likeness (QED) is 0.753. The highest BCUT2D eigenvalue weighted by Gasteiger charge is 2.16. The van der Waals surface area contributed by atoms with Gasteiger partial charge in [-0.25, -0.2) is 9.50 Å². The van der Waals surface area contributed by atoms with Crippen molar-refractivity contribution in [3.05, 3.63) is 47.8 Å². The summed E-state index contributed by atoms with van der Waals surface area (Å²) in [6.45, 7) is 5.53. The number of phenols is 1. The summed E-state index contributed by atoms with van der Waals surface area (Å²) < 4.78 is 1.64. The summed E-state index contributed by atoms with van der Waals surface area (Å²) >= 11 is 0. The normalized spacial score (nSPS) is 11.3. The summed E-state index contributed by atoms with van der Waals surface area (Å²) in [6, 6.07) is 8.96. The van der Waals surface area contributed by atoms with E-state index < -0.39 is 0 Å². The molecule has 1 aromatic carbocycles. The fourth-order valence-corrected chi connectivity index (χ4v) is 2.30. The molecule has 0 radical (unpaired) electrons. The summed E-state index contributed by atoms with van der Waals surface area (Å²) in [4.78, 5) is 16.4. The highest BCUT2D eigenvalue weighted by atomic mass is 16.3. The number of carbonyl (C=O) groups excluding carboxylic acids is 1. The number of benzene rings is 1. The van der Waals surface area contributed by atoms with Crippen molar-refractivity contribution in [2.24, 2.45) is 5.92 Å². The van der Waals surface area contributed by atoms with E-state index in [1.807, 2.05) is 39.0 Å². The van der Waals surface area contributed by atoms with Crippen LogP contribution in [0.3, 0.4) is 0 Å². The van der Waals surface area contributed by atoms with Crippen molar-refractivity contribution in [1.82, 2.24) is 14.6 Å². The van der Waals surface area contributed by atoms with Crippen LogP contribution in [-0.4, -0.2) is 25.5 Å². The van der Waals surface area contributed by atoms with Crippen molar-refractivity contribution < 1.29 is 9.90 Å². The molecule has 22 heavy (non-hydrogen) atoms. The summed E-state index contributed by atoms with van der Waals surface area (Å²) in [5.41, 5.74) is 3.43. The molecule has 5 nitrogen and oxygen atoms in total. The molecular formula is C17H17N3O2. The number of phenolic OH excluding ortho intramolecular Hbond substituents is 1. The maximum atomic E-state index is 12.1. The van der Waals surface area contributed by atoms with Crippen LogP contribution in [-0.2, 0) is 0 Å². The largest absolute Gasteiger partial charge is 0.508 e. The van der Waals surface area contributed by atoms with Crippen LogP contribution in [0.2, 0.25) is 0 Å². The number of carbonyl (C=O) groups is 1. The minimum atomic E-state index is -0.114. The van der Waals surface area contributed by atoms with E-state index in [2.05, 4.69) is 10.1 Å². The minimum absolute atomic E-state index is 0.0109. The molecule has 0 saturated heterocycles. The Balaban J connectivity index is 2.18. The summed E-state index contributed by atoms with van der Waals surface area (Å²) in [5.74, 6) is 0.105. The number of rotatable bonds is 3. The van der Waals surface area contributed by atoms with Gasteiger partial charge in [-0.05, 0) is 24.6 Å². The van der Waals surface area contributed by atoms with E-state index in [0.29, 0.717) is 11.3 Å². The molecule has 0 bridgehead atoms. The number of hydrogen-bond acceptors (Lipinski definition) is 4. The lowest BCUT2D eigenvalue weighted by molar-refractivity contribution is 0.0934. The lowest BCUT2D eigenvalue weighted by Gasteiger charge is -2.06. The molecule has 0 spiro atoms. The first-order valence-electron chi connectivity index (χ1n) is 7.16. The van der Waals surface area contributed by atoms with Gasteiger partial charge in [0.25, 0.3) is 0 Å². The van der Waals surface area contributed by atoms with Gasteiger partial charge < -0.3 is 5.11 Å². The van der Waals surface area contributed by atoms with Crippen LogP contribution >= 0.6 is 0 Å². The van der Waals surface area contributed by atoms with Gasteiger partial charge in [0.1, 0.15) is 11.4 Å². The topological polar surface area (TPSA) is 67.5 Å². The predicted octanol–water partition coefficient (Wildman–Crippen LogP) is 3.25. The van der Waals surface area contributed by atoms with Crippen LogP contribution in [0.4, 0.5) is 0 Å². The molecule has 1 N–H and O–H groups in total. The van der Waals surface area contributed by atoms with E-state index in [4.69, 9.17) is 0 Å². The standard InChI is InChI=1S/C17H17N3O2/c1-10(2)17(22)13-9-16-18-7-6-14(20(16)19-13)12-5-4-11(3)15(21)8-12/h4-10,21H,1-3H3. The molecular weight excluding hydrogens is 278 g/mol. The lowest BCUT2D eigenvalue weighted by Crippen LogP contribution is -2.08. The van der Waals surface area contributed by atoms with Gasteiger partial charge in [0, 0.05) is 23.7 Å². The zero-order valence-electron chi connectivity index (χ0n) is 12.7. The number of Topliss-reactive ketones (excluding diaryl/α,β-unsaturated/α-hetero) is 1. The Hall–Kier alpha value is -2.69. The van der Waals surface area contributed by atoms with Crippen molar-refractivity contribution in [2.45, 2.75) is 20.8 Å². The van der Waals surface area contributed by atoms with Gasteiger partial charge in [-0.2, -0.15) is 5.10 Å². The SMILES string of the molecule is Cc1ccc(-c2ccnc3cc(C(=O)C(C)C)nn23)cc1O. The van der Waals surface area contributed by atoms with E-state index in [1.165, 1.54) is 0 Å². The second-order valence-electron chi connectivity index (χ2n) is 5.65. The maximum absolute atomic E-state index is 12.1. The van der Waals surface area contributed by atoms with Crippen molar-refractivity contribution in [2.75, 3.05) is 0 Å². The van der Waals surface area contributed by atoms with Crippen LogP contribution in [0.25, 0.3) is 16.9 Å². The number of aryl methyl sites for hydroxylation is 1. The Kier molecular flexibility index (Phi) is 3.41. The lowest BCUT2D eigenvalue weighted by atomic mass is 10.1. The van der Waals surface area contributed by atoms with E-state index in [9.17, 15) is 9.90 Å². The van der Waals surface area contributed by atoms with Crippen LogP contribution in [0.5, 0.6) is 5.75 Å². The highest BCUT2D eigenvalue weighted by Crippen LogP contribution is 2.26. The average molecular weight is 295 g/mol. The Labute approximate surface area is 128 Å². The second-order valence-corrected chi connectivity index (χ2v) is 5.65. The van der Waals surface area contributed by atoms with Crippen LogP contribution in [0.1, 0.15) is 29.9 Å². The van der Waals surface area contributed by atoms with Gasteiger partial charge in [0.15, 0.2) is 11.4 Å². The van der Waals surface area contributed by atoms with Crippen LogP contribution in [0, 0.1) is 12.8 Å². The first-order valence-corrected chi connectivity index (χ1v) is 7.16. The number of hydrogen-bond donors (Lipinski definition) is 1. The Bertz CT molecular complexity index is 865. The third-order valence-corrected chi connectivity index (χ3v) is 3.64. The van der Waals surface area contributed by atoms with Gasteiger partial charge in [-0.3, -0.25) is 4.79 Å². The van der Waals surface area contributed by atoms with E-state index in [1.54, 1.807) is 22.8 Å². The van der Waals surface area contributed by atoms with E-state index in [0.717, 1.165) is 16.8 Å². The van der Waals surface area contributed by atoms with Crippen molar-refractivity contribution in [3.8, 4) is 17.0 Å². The number of ketones is 1. The second kappa shape index (κ2) is 5.26. The van der Waals surface area contributed by atoms with Crippen molar-refractivity contribution in [3.63, 3.8) is 0 Å². The van der Waals surface area contributed by atoms with E-state index >= 15 is 0 Å². The molecule has 3 rings (SSSR count). The van der Waals surface area contributed by atoms with Gasteiger partial charge in [-0.15, -0.1) is 0 Å². The molecule has 0 amide bonds. The Morgan fingerprint density at radius 3 is 2.68 bits per heavy atom. The van der Waals surface area contributed by atoms with Crippen molar-refractivity contribution >= 4 is 11.4 Å². The zero-order chi connectivity index (χ0) is 15.9. The third kappa shape index (κ3) is 2.35. The fraction of sp³-hybridized carbons (Fsp3) is 0.235. The first kappa shape index (κ1) is 14.3. The number of nitrogens with zero attached hydrogens (tertiary/aromatic N) is 3. The molecule has 3 aromatic rings. The molecule has 0 aliphatic rings. The summed E-state index contributed by atoms with van der Waals surface area (Å²) in [5, 5.41) is 14.3. The molecule has 5 heteroatoms. The molecule has 0 aliphatic carbocycles. The molecule has 0 aliphatic heterocycles. The number of aromatic nitrogens is 3. The molecule has 0 saturated carbocycles. The fourth-order valence-electron chi connectivity index (χ4n) is 2.30. The smallest absolute Gasteiger partial charge is 0.185 e. The predicted molar refractivity (Wildman–Crippen MR) is 84.0 cm³/mol. The highest BCUT2D eigenvalue weighted by molar-refractivity contribution is 5.96. The van der Waals surface area contributed by atoms with Crippen molar-refractivity contribution in [1.29, 1.82) is 0 Å². The zero-order valence-corrected chi connectivity index (χ0v) is 12.7. The Morgan fingerprint density at radius 1 is 1.23 bits per heavy atom. The Morgan fingerprint density at radius 2 is 2.00 bits per heavy atom.